The minimum Gasteiger partial charge on any atom is -0.716 e. The van der Waals surface area contributed by atoms with Crippen molar-refractivity contribution in [2.24, 2.45) is 0 Å². The van der Waals surface area contributed by atoms with Gasteiger partial charge in [0.15, 0.2) is 40.3 Å². The fourth-order valence-corrected chi connectivity index (χ4v) is 8.54. The molecule has 0 amide bonds. The second-order valence-corrected chi connectivity index (χ2v) is 18.2. The third-order valence-electron chi connectivity index (χ3n) is 9.80. The van der Waals surface area contributed by atoms with Crippen molar-refractivity contribution in [3.05, 3.63) is 117 Å². The molecule has 0 saturated carbocycles. The number of Topliss-reactive ketones (excluding diaryl/α,β-unsaturated/α-hetero) is 1. The van der Waals surface area contributed by atoms with Gasteiger partial charge in [0.05, 0.1) is 36.9 Å². The molecule has 0 atom stereocenters. The SMILES string of the molecule is COc1ccc(-c2nc3ccccc3c(=O)n2CCCCn2cc(COC3=C(c4ccc(OS(=O)(=O)[O-])c(OS(=O)(=O)[O-])c4)Cc4ccc(OS(=O)(=O)[O-])c(OC)c4C3=O)nn2)cc1OS(=O)(=O)[O-].[Na+].[Na+].[Na+].[Na+]. The molecule has 2 heterocycles. The summed E-state index contributed by atoms with van der Waals surface area (Å²) >= 11 is 0. The molecule has 6 aromatic rings. The van der Waals surface area contributed by atoms with Crippen LogP contribution in [0.15, 0.2) is 89.5 Å². The maximum Gasteiger partial charge on any atom is 1.00 e. The molecule has 0 radical (unpaired) electrons. The fraction of sp³-hybridized carbons (Fsp3) is 0.205. The molecule has 0 saturated heterocycles. The van der Waals surface area contributed by atoms with E-state index in [4.69, 9.17) is 14.2 Å². The topological polar surface area (TPSA) is 376 Å². The summed E-state index contributed by atoms with van der Waals surface area (Å²) in [4.78, 5) is 32.7. The van der Waals surface area contributed by atoms with Crippen molar-refractivity contribution in [1.29, 1.82) is 0 Å². The summed E-state index contributed by atoms with van der Waals surface area (Å²) in [5, 5.41) is 8.45. The van der Waals surface area contributed by atoms with Crippen LogP contribution in [0, 0.1) is 0 Å². The van der Waals surface area contributed by atoms with Crippen LogP contribution in [0.1, 0.15) is 40.0 Å². The quantitative estimate of drug-likeness (QED) is 0.0296. The van der Waals surface area contributed by atoms with Gasteiger partial charge in [-0.15, -0.1) is 5.10 Å². The van der Waals surface area contributed by atoms with Crippen molar-refractivity contribution in [1.82, 2.24) is 24.5 Å². The minimum absolute atomic E-state index is 0. The van der Waals surface area contributed by atoms with E-state index >= 15 is 0 Å². The van der Waals surface area contributed by atoms with E-state index in [0.29, 0.717) is 23.7 Å². The molecule has 366 valence electrons. The van der Waals surface area contributed by atoms with Crippen LogP contribution in [-0.2, 0) is 72.5 Å². The third kappa shape index (κ3) is 16.7. The molecular formula is C39H31N5Na4O21S4. The number of aryl methyl sites for hydroxylation is 1. The number of hydrogen-bond acceptors (Lipinski definition) is 24. The first-order valence-electron chi connectivity index (χ1n) is 19.3. The number of aromatic nitrogens is 5. The van der Waals surface area contributed by atoms with Crippen molar-refractivity contribution in [3.8, 4) is 45.9 Å². The Morgan fingerprint density at radius 2 is 1.18 bits per heavy atom. The molecule has 26 nitrogen and oxygen atoms in total. The first-order valence-corrected chi connectivity index (χ1v) is 24.7. The van der Waals surface area contributed by atoms with Crippen LogP contribution >= 0.6 is 0 Å². The Hall–Kier alpha value is -3.19. The zero-order valence-corrected chi connectivity index (χ0v) is 50.5. The molecule has 0 unspecified atom stereocenters. The number of rotatable bonds is 20. The number of para-hydroxylation sites is 1. The summed E-state index contributed by atoms with van der Waals surface area (Å²) in [5.74, 6) is -5.10. The first kappa shape index (κ1) is 64.1. The number of carbonyl (C=O) groups is 1. The van der Waals surface area contributed by atoms with Gasteiger partial charge in [-0.05, 0) is 72.5 Å². The summed E-state index contributed by atoms with van der Waals surface area (Å²) in [5.41, 5.74) is -0.135. The first-order chi connectivity index (χ1) is 32.4. The molecule has 0 fully saturated rings. The molecule has 1 aliphatic rings. The number of carbonyl (C=O) groups excluding carboxylic acids is 1. The predicted molar refractivity (Wildman–Crippen MR) is 228 cm³/mol. The van der Waals surface area contributed by atoms with Crippen LogP contribution in [0.5, 0.6) is 34.5 Å². The van der Waals surface area contributed by atoms with Crippen molar-refractivity contribution < 1.29 is 206 Å². The van der Waals surface area contributed by atoms with Gasteiger partial charge in [-0.3, -0.25) is 18.8 Å². The van der Waals surface area contributed by atoms with Crippen LogP contribution in [0.3, 0.4) is 0 Å². The van der Waals surface area contributed by atoms with Gasteiger partial charge >= 0.3 is 118 Å². The molecule has 0 N–H and O–H groups in total. The Labute approximate surface area is 504 Å². The van der Waals surface area contributed by atoms with Crippen LogP contribution in [-0.4, -0.2) is 96.4 Å². The Bertz CT molecular complexity index is 3600. The van der Waals surface area contributed by atoms with Gasteiger partial charge in [-0.2, -0.15) is 0 Å². The number of unbranched alkanes of at least 4 members (excludes halogenated alkanes) is 1. The number of allylic oxidation sites excluding steroid dienone is 2. The average molecular weight is 1130 g/mol. The van der Waals surface area contributed by atoms with E-state index in [2.05, 4.69) is 32.0 Å². The summed E-state index contributed by atoms with van der Waals surface area (Å²) in [6.45, 7) is -0.199. The minimum atomic E-state index is -5.62. The molecule has 7 rings (SSSR count). The van der Waals surface area contributed by atoms with Crippen molar-refractivity contribution in [2.45, 2.75) is 39.0 Å². The Balaban J connectivity index is 0.00000352. The van der Waals surface area contributed by atoms with Gasteiger partial charge in [-0.1, -0.05) is 29.5 Å². The predicted octanol–water partition coefficient (Wildman–Crippen LogP) is -10.1. The second-order valence-electron chi connectivity index (χ2n) is 14.3. The fourth-order valence-electron chi connectivity index (χ4n) is 7.13. The maximum atomic E-state index is 14.3. The van der Waals surface area contributed by atoms with Crippen molar-refractivity contribution in [3.63, 3.8) is 0 Å². The molecule has 0 aliphatic heterocycles. The van der Waals surface area contributed by atoms with Gasteiger partial charge < -0.3 is 49.2 Å². The molecular weight excluding hydrogens is 1090 g/mol. The molecule has 34 heteroatoms. The Morgan fingerprint density at radius 1 is 0.630 bits per heavy atom. The largest absolute Gasteiger partial charge is 1.00 e. The molecule has 2 aromatic heterocycles. The van der Waals surface area contributed by atoms with Crippen molar-refractivity contribution in [2.75, 3.05) is 14.2 Å². The summed E-state index contributed by atoms with van der Waals surface area (Å²) in [6.07, 6.45) is 1.85. The summed E-state index contributed by atoms with van der Waals surface area (Å²) in [7, 11) is -19.5. The number of methoxy groups -OCH3 is 2. The molecule has 0 spiro atoms. The monoisotopic (exact) mass is 1120 g/mol. The van der Waals surface area contributed by atoms with Gasteiger partial charge in [0.25, 0.3) is 47.2 Å². The van der Waals surface area contributed by atoms with Gasteiger partial charge in [0, 0.05) is 30.6 Å². The van der Waals surface area contributed by atoms with Crippen LogP contribution < -0.4 is 150 Å². The number of ether oxygens (including phenoxy) is 3. The van der Waals surface area contributed by atoms with E-state index in [-0.39, 0.29) is 183 Å². The van der Waals surface area contributed by atoms with Crippen molar-refractivity contribution >= 4 is 63.9 Å². The Morgan fingerprint density at radius 3 is 1.81 bits per heavy atom. The number of hydrogen-bond donors (Lipinski definition) is 0. The number of benzene rings is 4. The van der Waals surface area contributed by atoms with Gasteiger partial charge in [-0.25, -0.2) is 38.7 Å². The Kier molecular flexibility index (Phi) is 23.0. The zero-order chi connectivity index (χ0) is 50.1. The van der Waals surface area contributed by atoms with Crippen LogP contribution in [0.25, 0.3) is 27.9 Å². The summed E-state index contributed by atoms with van der Waals surface area (Å²) in [6, 6.07) is 15.4. The summed E-state index contributed by atoms with van der Waals surface area (Å²) < 4.78 is 175. The van der Waals surface area contributed by atoms with E-state index in [1.165, 1.54) is 46.8 Å². The van der Waals surface area contributed by atoms with E-state index in [9.17, 15) is 61.5 Å². The average Bonchev–Trinajstić information content (AvgIpc) is 3.71. The van der Waals surface area contributed by atoms with Gasteiger partial charge in [0.2, 0.25) is 5.78 Å². The van der Waals surface area contributed by atoms with E-state index in [0.717, 1.165) is 31.4 Å². The van der Waals surface area contributed by atoms with E-state index < -0.39 is 94.1 Å². The van der Waals surface area contributed by atoms with Crippen LogP contribution in [0.2, 0.25) is 0 Å². The number of ketones is 1. The van der Waals surface area contributed by atoms with Gasteiger partial charge in [0.1, 0.15) is 18.1 Å². The smallest absolute Gasteiger partial charge is 0.716 e. The second kappa shape index (κ2) is 26.2. The number of nitrogens with zero attached hydrogens (tertiary/aromatic N) is 5. The maximum absolute atomic E-state index is 14.3. The molecule has 1 aliphatic carbocycles. The normalized spacial score (nSPS) is 12.5. The number of fused-ring (bicyclic) bond motifs is 2. The van der Waals surface area contributed by atoms with Crippen LogP contribution in [0.4, 0.5) is 0 Å². The third-order valence-corrected chi connectivity index (χ3v) is 11.3. The molecule has 4 aromatic carbocycles. The molecule has 0 bridgehead atoms. The molecule has 73 heavy (non-hydrogen) atoms. The van der Waals surface area contributed by atoms with E-state index in [1.807, 2.05) is 0 Å². The standard InChI is InChI=1S/C39H35N5O21S4.4Na/c1-59-29-12-11-24(19-32(29)64-68(53,54)55)38-40-28-8-4-3-7-26(28)39(46)44(38)16-6-5-15-43-20-25(41-42-43)21-61-36-27(22-9-13-30(62-66(47,48)49)33(18-22)65-69(56,57)58)17-23-10-14-31(63-67(50,51)52)37(60-2)34(23)35(36)45;;;;/h3-4,7-14,18-20H,5-6,15-17,21H2,1-2H3,(H,47,48,49)(H,50,51,52)(H,53,54,55)(H,56,57,58);;;;/q;4*+1/p-4. The zero-order valence-electron chi connectivity index (χ0n) is 39.2. The van der Waals surface area contributed by atoms with E-state index in [1.54, 1.807) is 24.3 Å².